The first-order chi connectivity index (χ1) is 9.76. The van der Waals surface area contributed by atoms with Gasteiger partial charge in [0.1, 0.15) is 5.75 Å². The van der Waals surface area contributed by atoms with Gasteiger partial charge in [-0.15, -0.1) is 0 Å². The molecule has 1 aromatic heterocycles. The van der Waals surface area contributed by atoms with Crippen molar-refractivity contribution >= 4 is 15.9 Å². The first kappa shape index (κ1) is 12.9. The molecule has 0 radical (unpaired) electrons. The predicted octanol–water partition coefficient (Wildman–Crippen LogP) is 4.17. The molecule has 0 unspecified atom stereocenters. The van der Waals surface area contributed by atoms with Crippen LogP contribution in [0.2, 0.25) is 0 Å². The lowest BCUT2D eigenvalue weighted by Crippen LogP contribution is -1.83. The van der Waals surface area contributed by atoms with Gasteiger partial charge >= 0.3 is 0 Å². The molecule has 0 saturated carbocycles. The van der Waals surface area contributed by atoms with Crippen LogP contribution in [0.3, 0.4) is 0 Å². The number of ether oxygens (including phenoxy) is 1. The molecule has 0 aliphatic heterocycles. The summed E-state index contributed by atoms with van der Waals surface area (Å²) in [6.07, 6.45) is 0. The van der Waals surface area contributed by atoms with Crippen LogP contribution in [0.5, 0.6) is 5.75 Å². The number of methoxy groups -OCH3 is 1. The van der Waals surface area contributed by atoms with Crippen LogP contribution in [0.1, 0.15) is 0 Å². The van der Waals surface area contributed by atoms with Gasteiger partial charge in [-0.25, -0.2) is 0 Å². The van der Waals surface area contributed by atoms with Crippen LogP contribution in [-0.2, 0) is 0 Å². The quantitative estimate of drug-likeness (QED) is 0.723. The van der Waals surface area contributed by atoms with Gasteiger partial charge in [0.25, 0.3) is 5.89 Å². The Morgan fingerprint density at radius 1 is 0.950 bits per heavy atom. The highest BCUT2D eigenvalue weighted by Crippen LogP contribution is 2.24. The zero-order valence-corrected chi connectivity index (χ0v) is 12.3. The molecule has 0 N–H and O–H groups in total. The molecule has 0 spiro atoms. The van der Waals surface area contributed by atoms with Crippen molar-refractivity contribution < 1.29 is 9.26 Å². The van der Waals surface area contributed by atoms with Crippen molar-refractivity contribution in [3.8, 4) is 28.6 Å². The van der Waals surface area contributed by atoms with Gasteiger partial charge in [0.05, 0.1) is 7.11 Å². The van der Waals surface area contributed by atoms with Gasteiger partial charge in [0, 0.05) is 15.6 Å². The molecule has 2 aromatic carbocycles. The Morgan fingerprint density at radius 3 is 2.25 bits per heavy atom. The van der Waals surface area contributed by atoms with Crippen molar-refractivity contribution in [2.24, 2.45) is 0 Å². The normalized spacial score (nSPS) is 10.5. The third-order valence-electron chi connectivity index (χ3n) is 2.87. The molecule has 0 amide bonds. The highest BCUT2D eigenvalue weighted by Gasteiger charge is 2.10. The van der Waals surface area contributed by atoms with E-state index in [-0.39, 0.29) is 0 Å². The highest BCUT2D eigenvalue weighted by molar-refractivity contribution is 9.10. The molecule has 0 aliphatic rings. The summed E-state index contributed by atoms with van der Waals surface area (Å²) in [5.74, 6) is 1.86. The van der Waals surface area contributed by atoms with E-state index in [0.717, 1.165) is 21.3 Å². The maximum Gasteiger partial charge on any atom is 0.258 e. The van der Waals surface area contributed by atoms with Crippen molar-refractivity contribution in [3.63, 3.8) is 0 Å². The van der Waals surface area contributed by atoms with Gasteiger partial charge in [-0.05, 0) is 48.5 Å². The van der Waals surface area contributed by atoms with Gasteiger partial charge in [0.2, 0.25) is 5.82 Å². The molecule has 0 aliphatic carbocycles. The Morgan fingerprint density at radius 2 is 1.60 bits per heavy atom. The molecule has 100 valence electrons. The van der Waals surface area contributed by atoms with Gasteiger partial charge in [-0.2, -0.15) is 4.98 Å². The molecule has 4 nitrogen and oxygen atoms in total. The zero-order chi connectivity index (χ0) is 13.9. The molecule has 0 saturated heterocycles. The van der Waals surface area contributed by atoms with E-state index in [0.29, 0.717) is 11.7 Å². The average Bonchev–Trinajstić information content (AvgIpc) is 2.98. The van der Waals surface area contributed by atoms with Crippen LogP contribution in [0, 0.1) is 0 Å². The Kier molecular flexibility index (Phi) is 3.52. The third kappa shape index (κ3) is 2.58. The summed E-state index contributed by atoms with van der Waals surface area (Å²) in [7, 11) is 1.63. The molecule has 3 aromatic rings. The van der Waals surface area contributed by atoms with E-state index < -0.39 is 0 Å². The summed E-state index contributed by atoms with van der Waals surface area (Å²) < 4.78 is 11.4. The third-order valence-corrected chi connectivity index (χ3v) is 3.39. The second kappa shape index (κ2) is 5.46. The summed E-state index contributed by atoms with van der Waals surface area (Å²) in [6, 6.07) is 15.3. The molecular formula is C15H11BrN2O2. The maximum absolute atomic E-state index is 5.30. The van der Waals surface area contributed by atoms with E-state index >= 15 is 0 Å². The van der Waals surface area contributed by atoms with Gasteiger partial charge in [-0.1, -0.05) is 21.1 Å². The second-order valence-corrected chi connectivity index (χ2v) is 5.07. The summed E-state index contributed by atoms with van der Waals surface area (Å²) in [6.45, 7) is 0. The predicted molar refractivity (Wildman–Crippen MR) is 79.4 cm³/mol. The molecule has 3 rings (SSSR count). The number of halogens is 1. The van der Waals surface area contributed by atoms with E-state index in [2.05, 4.69) is 26.1 Å². The topological polar surface area (TPSA) is 48.2 Å². The Balaban J connectivity index is 1.91. The maximum atomic E-state index is 5.30. The van der Waals surface area contributed by atoms with E-state index in [1.165, 1.54) is 0 Å². The Labute approximate surface area is 124 Å². The number of aromatic nitrogens is 2. The summed E-state index contributed by atoms with van der Waals surface area (Å²) in [5, 5.41) is 4.00. The van der Waals surface area contributed by atoms with E-state index in [1.54, 1.807) is 7.11 Å². The summed E-state index contributed by atoms with van der Waals surface area (Å²) >= 11 is 3.40. The first-order valence-electron chi connectivity index (χ1n) is 6.00. The fourth-order valence-electron chi connectivity index (χ4n) is 1.79. The molecule has 1 heterocycles. The van der Waals surface area contributed by atoms with Crippen LogP contribution in [-0.4, -0.2) is 17.3 Å². The highest BCUT2D eigenvalue weighted by atomic mass is 79.9. The molecular weight excluding hydrogens is 320 g/mol. The number of hydrogen-bond donors (Lipinski definition) is 0. The number of nitrogens with zero attached hydrogens (tertiary/aromatic N) is 2. The molecule has 0 bridgehead atoms. The largest absolute Gasteiger partial charge is 0.497 e. The average molecular weight is 331 g/mol. The first-order valence-corrected chi connectivity index (χ1v) is 6.79. The van der Waals surface area contributed by atoms with E-state index in [1.807, 2.05) is 48.5 Å². The fraction of sp³-hybridized carbons (Fsp3) is 0.0667. The summed E-state index contributed by atoms with van der Waals surface area (Å²) in [4.78, 5) is 4.40. The minimum atomic E-state index is 0.491. The smallest absolute Gasteiger partial charge is 0.258 e. The zero-order valence-electron chi connectivity index (χ0n) is 10.7. The second-order valence-electron chi connectivity index (χ2n) is 4.16. The van der Waals surface area contributed by atoms with Crippen LogP contribution >= 0.6 is 15.9 Å². The van der Waals surface area contributed by atoms with Crippen molar-refractivity contribution in [3.05, 3.63) is 53.0 Å². The van der Waals surface area contributed by atoms with Crippen LogP contribution in [0.15, 0.2) is 57.5 Å². The number of benzene rings is 2. The van der Waals surface area contributed by atoms with Gasteiger partial charge in [0.15, 0.2) is 0 Å². The van der Waals surface area contributed by atoms with Crippen LogP contribution in [0.4, 0.5) is 0 Å². The number of rotatable bonds is 3. The lowest BCUT2D eigenvalue weighted by atomic mass is 10.2. The monoisotopic (exact) mass is 330 g/mol. The van der Waals surface area contributed by atoms with Crippen molar-refractivity contribution in [2.45, 2.75) is 0 Å². The van der Waals surface area contributed by atoms with E-state index in [4.69, 9.17) is 9.26 Å². The minimum Gasteiger partial charge on any atom is -0.497 e. The van der Waals surface area contributed by atoms with Crippen LogP contribution in [0.25, 0.3) is 22.8 Å². The molecule has 20 heavy (non-hydrogen) atoms. The van der Waals surface area contributed by atoms with Crippen LogP contribution < -0.4 is 4.74 Å². The van der Waals surface area contributed by atoms with E-state index in [9.17, 15) is 0 Å². The fourth-order valence-corrected chi connectivity index (χ4v) is 2.05. The standard InChI is InChI=1S/C15H11BrN2O2/c1-19-13-8-4-11(5-9-13)15-17-14(18-20-15)10-2-6-12(16)7-3-10/h2-9H,1H3. The minimum absolute atomic E-state index is 0.491. The lowest BCUT2D eigenvalue weighted by molar-refractivity contribution is 0.414. The Bertz CT molecular complexity index is 705. The molecule has 0 atom stereocenters. The SMILES string of the molecule is COc1ccc(-c2nc(-c3ccc(Br)cc3)no2)cc1. The lowest BCUT2D eigenvalue weighted by Gasteiger charge is -1.98. The van der Waals surface area contributed by atoms with Gasteiger partial charge in [-0.3, -0.25) is 0 Å². The molecule has 5 heteroatoms. The van der Waals surface area contributed by atoms with Crippen molar-refractivity contribution in [1.82, 2.24) is 10.1 Å². The Hall–Kier alpha value is -2.14. The molecule has 0 fully saturated rings. The van der Waals surface area contributed by atoms with Crippen molar-refractivity contribution in [2.75, 3.05) is 7.11 Å². The number of hydrogen-bond acceptors (Lipinski definition) is 4. The van der Waals surface area contributed by atoms with Crippen molar-refractivity contribution in [1.29, 1.82) is 0 Å². The van der Waals surface area contributed by atoms with Gasteiger partial charge < -0.3 is 9.26 Å². The summed E-state index contributed by atoms with van der Waals surface area (Å²) in [5.41, 5.74) is 1.78.